The molecule has 0 aromatic heterocycles. The van der Waals surface area contributed by atoms with Crippen molar-refractivity contribution >= 4 is 34.9 Å². The molecular weight excluding hydrogens is 314 g/mol. The summed E-state index contributed by atoms with van der Waals surface area (Å²) < 4.78 is 0. The number of hydrogen-bond donors (Lipinski definition) is 0. The Kier molecular flexibility index (Phi) is 4.57. The topological polar surface area (TPSA) is 58.7 Å². The van der Waals surface area contributed by atoms with E-state index >= 15 is 0 Å². The number of nitrogens with zero attached hydrogens (tertiary/aromatic N) is 3. The maximum Gasteiger partial charge on any atom is 0.290 e. The van der Waals surface area contributed by atoms with E-state index in [1.165, 1.54) is 30.7 Å². The van der Waals surface area contributed by atoms with Crippen molar-refractivity contribution in [1.82, 2.24) is 0 Å². The van der Waals surface area contributed by atoms with E-state index in [1.54, 1.807) is 12.3 Å². The molecule has 0 spiro atoms. The molecule has 0 unspecified atom stereocenters. The molecule has 0 aliphatic carbocycles. The molecule has 0 atom stereocenters. The summed E-state index contributed by atoms with van der Waals surface area (Å²) in [6, 6.07) is 12.7. The van der Waals surface area contributed by atoms with Crippen LogP contribution in [0.15, 0.2) is 47.5 Å². The quantitative estimate of drug-likeness (QED) is 0.468. The number of rotatable bonds is 4. The maximum absolute atomic E-state index is 10.9. The van der Waals surface area contributed by atoms with Gasteiger partial charge in [-0.15, -0.1) is 0 Å². The molecule has 0 radical (unpaired) electrons. The molecule has 118 valence electrons. The number of aliphatic imine (C=N–C) groups is 1. The van der Waals surface area contributed by atoms with E-state index in [0.29, 0.717) is 5.69 Å². The minimum Gasteiger partial charge on any atom is -0.372 e. The normalized spacial score (nSPS) is 14.6. The zero-order chi connectivity index (χ0) is 16.2. The van der Waals surface area contributed by atoms with Crippen molar-refractivity contribution in [2.24, 2.45) is 4.99 Å². The van der Waals surface area contributed by atoms with Gasteiger partial charge in [-0.25, -0.2) is 0 Å². The van der Waals surface area contributed by atoms with E-state index in [9.17, 15) is 10.1 Å². The first-order valence-electron chi connectivity index (χ1n) is 7.46. The van der Waals surface area contributed by atoms with Gasteiger partial charge in [0.1, 0.15) is 5.02 Å². The van der Waals surface area contributed by atoms with Gasteiger partial charge in [0.25, 0.3) is 5.69 Å². The second-order valence-electron chi connectivity index (χ2n) is 5.44. The molecule has 2 aromatic rings. The van der Waals surface area contributed by atoms with Crippen molar-refractivity contribution in [2.75, 3.05) is 18.0 Å². The first kappa shape index (κ1) is 15.5. The van der Waals surface area contributed by atoms with Crippen LogP contribution in [0.2, 0.25) is 5.02 Å². The van der Waals surface area contributed by atoms with Gasteiger partial charge in [-0.1, -0.05) is 23.7 Å². The molecule has 0 N–H and O–H groups in total. The van der Waals surface area contributed by atoms with Gasteiger partial charge >= 0.3 is 0 Å². The molecule has 3 rings (SSSR count). The van der Waals surface area contributed by atoms with E-state index in [0.717, 1.165) is 18.7 Å². The summed E-state index contributed by atoms with van der Waals surface area (Å²) >= 11 is 5.79. The van der Waals surface area contributed by atoms with Crippen molar-refractivity contribution in [3.8, 4) is 0 Å². The van der Waals surface area contributed by atoms with Crippen LogP contribution in [0.4, 0.5) is 17.1 Å². The van der Waals surface area contributed by atoms with Crippen LogP contribution in [0.5, 0.6) is 0 Å². The Morgan fingerprint density at radius 1 is 1.13 bits per heavy atom. The third-order valence-electron chi connectivity index (χ3n) is 3.85. The first-order valence-corrected chi connectivity index (χ1v) is 7.84. The lowest BCUT2D eigenvalue weighted by Crippen LogP contribution is -2.17. The lowest BCUT2D eigenvalue weighted by molar-refractivity contribution is -0.384. The van der Waals surface area contributed by atoms with E-state index in [2.05, 4.69) is 22.0 Å². The Morgan fingerprint density at radius 3 is 2.48 bits per heavy atom. The highest BCUT2D eigenvalue weighted by atomic mass is 35.5. The number of benzene rings is 2. The highest BCUT2D eigenvalue weighted by molar-refractivity contribution is 6.32. The Bertz CT molecular complexity index is 738. The van der Waals surface area contributed by atoms with Crippen molar-refractivity contribution in [1.29, 1.82) is 0 Å². The van der Waals surface area contributed by atoms with Gasteiger partial charge in [0.2, 0.25) is 0 Å². The molecule has 0 bridgehead atoms. The van der Waals surface area contributed by atoms with E-state index in [-0.39, 0.29) is 10.7 Å². The molecule has 1 heterocycles. The minimum absolute atomic E-state index is 0.115. The van der Waals surface area contributed by atoms with Gasteiger partial charge in [0.15, 0.2) is 0 Å². The van der Waals surface area contributed by atoms with Crippen LogP contribution in [-0.4, -0.2) is 24.2 Å². The first-order chi connectivity index (χ1) is 11.1. The van der Waals surface area contributed by atoms with Crippen LogP contribution < -0.4 is 4.90 Å². The lowest BCUT2D eigenvalue weighted by Gasteiger charge is -2.17. The molecule has 5 nitrogen and oxygen atoms in total. The maximum atomic E-state index is 10.9. The average Bonchev–Trinajstić information content (AvgIpc) is 3.09. The second kappa shape index (κ2) is 6.79. The van der Waals surface area contributed by atoms with Crippen LogP contribution in [0.3, 0.4) is 0 Å². The monoisotopic (exact) mass is 329 g/mol. The van der Waals surface area contributed by atoms with Crippen LogP contribution >= 0.6 is 11.6 Å². The third-order valence-corrected chi connectivity index (χ3v) is 4.17. The molecular formula is C17H16ClN3O2. The number of hydrogen-bond acceptors (Lipinski definition) is 4. The largest absolute Gasteiger partial charge is 0.372 e. The summed E-state index contributed by atoms with van der Waals surface area (Å²) in [5, 5.41) is 11.0. The predicted octanol–water partition coefficient (Wildman–Crippen LogP) is 4.60. The molecule has 1 aliphatic heterocycles. The average molecular weight is 330 g/mol. The summed E-state index contributed by atoms with van der Waals surface area (Å²) in [5.74, 6) is 0. The van der Waals surface area contributed by atoms with Crippen LogP contribution in [0.1, 0.15) is 18.4 Å². The lowest BCUT2D eigenvalue weighted by atomic mass is 10.2. The van der Waals surface area contributed by atoms with Gasteiger partial charge in [-0.3, -0.25) is 15.1 Å². The molecule has 0 amide bonds. The summed E-state index contributed by atoms with van der Waals surface area (Å²) in [4.78, 5) is 17.0. The van der Waals surface area contributed by atoms with Crippen molar-refractivity contribution in [3.05, 3.63) is 63.2 Å². The molecule has 1 saturated heterocycles. The van der Waals surface area contributed by atoms with Crippen molar-refractivity contribution in [2.45, 2.75) is 12.8 Å². The smallest absolute Gasteiger partial charge is 0.290 e. The summed E-state index contributed by atoms with van der Waals surface area (Å²) in [7, 11) is 0. The molecule has 6 heteroatoms. The predicted molar refractivity (Wildman–Crippen MR) is 93.2 cm³/mol. The Morgan fingerprint density at radius 2 is 1.83 bits per heavy atom. The second-order valence-corrected chi connectivity index (χ2v) is 5.84. The van der Waals surface area contributed by atoms with E-state index in [1.807, 2.05) is 12.1 Å². The number of anilines is 1. The number of nitro groups is 1. The highest BCUT2D eigenvalue weighted by Crippen LogP contribution is 2.28. The fourth-order valence-corrected chi connectivity index (χ4v) is 2.80. The van der Waals surface area contributed by atoms with Crippen LogP contribution in [-0.2, 0) is 0 Å². The number of halogens is 1. The number of nitro benzene ring substituents is 1. The van der Waals surface area contributed by atoms with Gasteiger partial charge in [0.05, 0.1) is 10.6 Å². The summed E-state index contributed by atoms with van der Waals surface area (Å²) in [6.07, 6.45) is 4.19. The zero-order valence-electron chi connectivity index (χ0n) is 12.5. The Balaban J connectivity index is 1.74. The fourth-order valence-electron chi connectivity index (χ4n) is 2.62. The molecule has 2 aromatic carbocycles. The highest BCUT2D eigenvalue weighted by Gasteiger charge is 2.13. The van der Waals surface area contributed by atoms with E-state index in [4.69, 9.17) is 11.6 Å². The standard InChI is InChI=1S/C17H16ClN3O2/c18-16-8-5-14(11-17(16)21(22)23)19-12-13-3-6-15(7-4-13)20-9-1-2-10-20/h3-8,11-12H,1-2,9-10H2. The SMILES string of the molecule is O=[N+]([O-])c1cc(N=Cc2ccc(N3CCCC3)cc2)ccc1Cl. The summed E-state index contributed by atoms with van der Waals surface area (Å²) in [6.45, 7) is 2.23. The van der Waals surface area contributed by atoms with Gasteiger partial charge < -0.3 is 4.90 Å². The fraction of sp³-hybridized carbons (Fsp3) is 0.235. The van der Waals surface area contributed by atoms with E-state index < -0.39 is 4.92 Å². The minimum atomic E-state index is -0.508. The molecule has 1 aliphatic rings. The van der Waals surface area contributed by atoms with Crippen molar-refractivity contribution < 1.29 is 4.92 Å². The van der Waals surface area contributed by atoms with Crippen LogP contribution in [0, 0.1) is 10.1 Å². The van der Waals surface area contributed by atoms with Gasteiger partial charge in [-0.2, -0.15) is 0 Å². The van der Waals surface area contributed by atoms with Crippen LogP contribution in [0.25, 0.3) is 0 Å². The molecule has 23 heavy (non-hydrogen) atoms. The Hall–Kier alpha value is -2.40. The third kappa shape index (κ3) is 3.68. The summed E-state index contributed by atoms with van der Waals surface area (Å²) in [5.41, 5.74) is 2.54. The molecule has 1 fully saturated rings. The van der Waals surface area contributed by atoms with Gasteiger partial charge in [-0.05, 0) is 42.7 Å². The Labute approximate surface area is 139 Å². The van der Waals surface area contributed by atoms with Gasteiger partial charge in [0, 0.05) is 31.1 Å². The molecule has 0 saturated carbocycles. The zero-order valence-corrected chi connectivity index (χ0v) is 13.2. The van der Waals surface area contributed by atoms with Crippen molar-refractivity contribution in [3.63, 3.8) is 0 Å².